The quantitative estimate of drug-likeness (QED) is 0.677. The van der Waals surface area contributed by atoms with Crippen LogP contribution in [-0.4, -0.2) is 24.0 Å². The summed E-state index contributed by atoms with van der Waals surface area (Å²) in [4.78, 5) is 0.271. The van der Waals surface area contributed by atoms with Crippen LogP contribution in [0.5, 0.6) is 0 Å². The van der Waals surface area contributed by atoms with Gasteiger partial charge in [0.1, 0.15) is 4.90 Å². The highest BCUT2D eigenvalue weighted by atomic mass is 32.2. The molecule has 5 heteroatoms. The first-order valence-electron chi connectivity index (χ1n) is 3.89. The second kappa shape index (κ2) is 3.74. The Morgan fingerprint density at radius 3 is 2.77 bits per heavy atom. The molecule has 0 aliphatic heterocycles. The third-order valence-electron chi connectivity index (χ3n) is 1.59. The van der Waals surface area contributed by atoms with E-state index in [-0.39, 0.29) is 10.6 Å². The van der Waals surface area contributed by atoms with Crippen LogP contribution in [0.25, 0.3) is 0 Å². The van der Waals surface area contributed by atoms with Crippen LogP contribution < -0.4 is 0 Å². The smallest absolute Gasteiger partial charge is 0.185 e. The van der Waals surface area contributed by atoms with Crippen LogP contribution in [0.15, 0.2) is 29.4 Å². The highest BCUT2D eigenvalue weighted by Crippen LogP contribution is 2.08. The van der Waals surface area contributed by atoms with E-state index in [1.807, 2.05) is 0 Å². The minimum absolute atomic E-state index is 0.0369. The topological polar surface area (TPSA) is 52.0 Å². The van der Waals surface area contributed by atoms with Gasteiger partial charge in [0.2, 0.25) is 0 Å². The van der Waals surface area contributed by atoms with Gasteiger partial charge in [-0.25, -0.2) is 8.42 Å². The fraction of sp³-hybridized carbons (Fsp3) is 0.375. The molecule has 0 fully saturated rings. The molecule has 1 aromatic heterocycles. The van der Waals surface area contributed by atoms with Gasteiger partial charge in [-0.05, 0) is 6.92 Å². The third kappa shape index (κ3) is 2.42. The van der Waals surface area contributed by atoms with Gasteiger partial charge in [0, 0.05) is 13.2 Å². The monoisotopic (exact) mass is 200 g/mol. The Morgan fingerprint density at radius 1 is 1.62 bits per heavy atom. The van der Waals surface area contributed by atoms with Crippen LogP contribution in [0.4, 0.5) is 0 Å². The lowest BCUT2D eigenvalue weighted by atomic mass is 10.6. The van der Waals surface area contributed by atoms with Crippen molar-refractivity contribution in [1.29, 1.82) is 0 Å². The third-order valence-corrected chi connectivity index (χ3v) is 3.15. The van der Waals surface area contributed by atoms with Crippen molar-refractivity contribution in [2.45, 2.75) is 11.8 Å². The van der Waals surface area contributed by atoms with Gasteiger partial charge in [-0.1, -0.05) is 12.2 Å². The van der Waals surface area contributed by atoms with E-state index in [1.165, 1.54) is 17.1 Å². The van der Waals surface area contributed by atoms with E-state index in [9.17, 15) is 8.42 Å². The minimum atomic E-state index is -3.17. The summed E-state index contributed by atoms with van der Waals surface area (Å²) < 4.78 is 24.5. The largest absolute Gasteiger partial charge is 0.274 e. The highest BCUT2D eigenvalue weighted by molar-refractivity contribution is 7.91. The van der Waals surface area contributed by atoms with Gasteiger partial charge in [-0.3, -0.25) is 4.68 Å². The van der Waals surface area contributed by atoms with Gasteiger partial charge < -0.3 is 0 Å². The summed E-state index contributed by atoms with van der Waals surface area (Å²) in [5.41, 5.74) is 0. The Balaban J connectivity index is 2.94. The van der Waals surface area contributed by atoms with Gasteiger partial charge in [0.05, 0.1) is 11.9 Å². The Hall–Kier alpha value is -1.10. The fourth-order valence-corrected chi connectivity index (χ4v) is 2.04. The molecule has 0 spiro atoms. The fourth-order valence-electron chi connectivity index (χ4n) is 0.879. The molecular formula is C8H12N2O2S. The molecule has 0 N–H and O–H groups in total. The van der Waals surface area contributed by atoms with Crippen LogP contribution in [0.2, 0.25) is 0 Å². The van der Waals surface area contributed by atoms with Crippen molar-refractivity contribution in [3.63, 3.8) is 0 Å². The number of rotatable bonds is 3. The summed E-state index contributed by atoms with van der Waals surface area (Å²) in [6.07, 6.45) is 6.19. The van der Waals surface area contributed by atoms with Crippen molar-refractivity contribution >= 4 is 9.84 Å². The molecule has 0 aliphatic carbocycles. The maximum absolute atomic E-state index is 11.5. The first kappa shape index (κ1) is 9.98. The molecule has 0 saturated carbocycles. The normalized spacial score (nSPS) is 12.5. The Morgan fingerprint density at radius 2 is 2.31 bits per heavy atom. The molecule has 0 saturated heterocycles. The van der Waals surface area contributed by atoms with Gasteiger partial charge >= 0.3 is 0 Å². The highest BCUT2D eigenvalue weighted by Gasteiger charge is 2.13. The van der Waals surface area contributed by atoms with Crippen LogP contribution >= 0.6 is 0 Å². The Bertz CT molecular complexity index is 404. The summed E-state index contributed by atoms with van der Waals surface area (Å²) in [7, 11) is -1.48. The molecule has 4 nitrogen and oxygen atoms in total. The second-order valence-electron chi connectivity index (χ2n) is 2.70. The maximum Gasteiger partial charge on any atom is 0.185 e. The predicted molar refractivity (Wildman–Crippen MR) is 50.1 cm³/mol. The summed E-state index contributed by atoms with van der Waals surface area (Å²) in [5, 5.41) is 3.80. The van der Waals surface area contributed by atoms with Gasteiger partial charge in [0.15, 0.2) is 9.84 Å². The average molecular weight is 200 g/mol. The van der Waals surface area contributed by atoms with Gasteiger partial charge in [-0.2, -0.15) is 5.10 Å². The molecular weight excluding hydrogens is 188 g/mol. The number of sulfone groups is 1. The zero-order valence-electron chi connectivity index (χ0n) is 7.64. The number of hydrogen-bond acceptors (Lipinski definition) is 3. The molecule has 13 heavy (non-hydrogen) atoms. The van der Waals surface area contributed by atoms with Crippen molar-refractivity contribution in [1.82, 2.24) is 9.78 Å². The molecule has 1 heterocycles. The zero-order chi connectivity index (χ0) is 9.90. The standard InChI is InChI=1S/C8H12N2O2S/c1-3-4-5-13(11,12)8-6-9-10(2)7-8/h3-4,6-7H,5H2,1-2H3/b4-3+. The number of aromatic nitrogens is 2. The molecule has 72 valence electrons. The summed E-state index contributed by atoms with van der Waals surface area (Å²) in [5.74, 6) is 0.0369. The van der Waals surface area contributed by atoms with Crippen molar-refractivity contribution in [2.75, 3.05) is 5.75 Å². The first-order valence-corrected chi connectivity index (χ1v) is 5.54. The van der Waals surface area contributed by atoms with Gasteiger partial charge in [0.25, 0.3) is 0 Å². The van der Waals surface area contributed by atoms with E-state index in [0.29, 0.717) is 0 Å². The van der Waals surface area contributed by atoms with Crippen molar-refractivity contribution in [3.8, 4) is 0 Å². The molecule has 0 aromatic carbocycles. The lowest BCUT2D eigenvalue weighted by Gasteiger charge is -1.94. The lowest BCUT2D eigenvalue weighted by Crippen LogP contribution is -2.03. The van der Waals surface area contributed by atoms with E-state index >= 15 is 0 Å². The summed E-state index contributed by atoms with van der Waals surface area (Å²) >= 11 is 0. The van der Waals surface area contributed by atoms with E-state index in [1.54, 1.807) is 26.1 Å². The van der Waals surface area contributed by atoms with E-state index in [2.05, 4.69) is 5.10 Å². The zero-order valence-corrected chi connectivity index (χ0v) is 8.45. The van der Waals surface area contributed by atoms with Crippen molar-refractivity contribution in [2.24, 2.45) is 7.05 Å². The minimum Gasteiger partial charge on any atom is -0.274 e. The molecule has 0 radical (unpaired) electrons. The second-order valence-corrected chi connectivity index (χ2v) is 4.73. The van der Waals surface area contributed by atoms with Crippen molar-refractivity contribution in [3.05, 3.63) is 24.5 Å². The molecule has 1 aromatic rings. The summed E-state index contributed by atoms with van der Waals surface area (Å²) in [6.45, 7) is 1.79. The molecule has 0 amide bonds. The molecule has 0 atom stereocenters. The first-order chi connectivity index (χ1) is 6.06. The number of allylic oxidation sites excluding steroid dienone is 1. The van der Waals surface area contributed by atoms with Crippen LogP contribution in [0.3, 0.4) is 0 Å². The van der Waals surface area contributed by atoms with Crippen LogP contribution in [0.1, 0.15) is 6.92 Å². The molecule has 0 aliphatic rings. The van der Waals surface area contributed by atoms with Crippen LogP contribution in [-0.2, 0) is 16.9 Å². The van der Waals surface area contributed by atoms with E-state index < -0.39 is 9.84 Å². The number of hydrogen-bond donors (Lipinski definition) is 0. The molecule has 0 unspecified atom stereocenters. The maximum atomic E-state index is 11.5. The molecule has 1 rings (SSSR count). The molecule has 0 bridgehead atoms. The van der Waals surface area contributed by atoms with E-state index in [4.69, 9.17) is 0 Å². The number of nitrogens with zero attached hydrogens (tertiary/aromatic N) is 2. The summed E-state index contributed by atoms with van der Waals surface area (Å²) in [6, 6.07) is 0. The Labute approximate surface area is 77.8 Å². The number of aryl methyl sites for hydroxylation is 1. The van der Waals surface area contributed by atoms with Crippen LogP contribution in [0, 0.1) is 0 Å². The lowest BCUT2D eigenvalue weighted by molar-refractivity contribution is 0.599. The SMILES string of the molecule is C/C=C/CS(=O)(=O)c1cnn(C)c1. The van der Waals surface area contributed by atoms with Crippen molar-refractivity contribution < 1.29 is 8.42 Å². The predicted octanol–water partition coefficient (Wildman–Crippen LogP) is 0.770. The average Bonchev–Trinajstić information content (AvgIpc) is 2.49. The Kier molecular flexibility index (Phi) is 2.87. The van der Waals surface area contributed by atoms with Gasteiger partial charge in [-0.15, -0.1) is 0 Å². The van der Waals surface area contributed by atoms with E-state index in [0.717, 1.165) is 0 Å².